The minimum absolute atomic E-state index is 0.0368. The van der Waals surface area contributed by atoms with Crippen molar-refractivity contribution < 1.29 is 29.0 Å². The van der Waals surface area contributed by atoms with Crippen molar-refractivity contribution in [1.82, 2.24) is 10.6 Å². The Bertz CT molecular complexity index is 1070. The van der Waals surface area contributed by atoms with Crippen LogP contribution in [0.15, 0.2) is 89.9 Å². The Morgan fingerprint density at radius 3 is 1.59 bits per heavy atom. The molecule has 9 nitrogen and oxygen atoms in total. The molecule has 34 heavy (non-hydrogen) atoms. The van der Waals surface area contributed by atoms with Gasteiger partial charge in [-0.2, -0.15) is 0 Å². The first-order valence-electron chi connectivity index (χ1n) is 10.3. The molecular weight excluding hydrogens is 438 g/mol. The maximum absolute atomic E-state index is 12.2. The van der Waals surface area contributed by atoms with Crippen LogP contribution in [0.5, 0.6) is 0 Å². The van der Waals surface area contributed by atoms with Crippen molar-refractivity contribution in [2.45, 2.75) is 19.8 Å². The standard InChI is InChI=1S/C25H23N3O6/c29-22(30)21-13-11-18(12-14-21)15-26-23(27-24(31)33-16-19-7-3-1-4-8-19)28-25(32)34-17-20-9-5-2-6-10-20/h1-14H,15-17H2,(H,29,30)(H2,26,27,28,31,32). The number of nitrogens with one attached hydrogen (secondary N) is 2. The molecule has 0 radical (unpaired) electrons. The van der Waals surface area contributed by atoms with Crippen molar-refractivity contribution in [2.75, 3.05) is 0 Å². The Kier molecular flexibility index (Phi) is 8.75. The molecule has 0 aliphatic carbocycles. The van der Waals surface area contributed by atoms with E-state index in [2.05, 4.69) is 15.6 Å². The second-order valence-corrected chi connectivity index (χ2v) is 7.04. The van der Waals surface area contributed by atoms with Gasteiger partial charge in [-0.3, -0.25) is 10.6 Å². The number of hydrogen-bond donors (Lipinski definition) is 3. The third-order valence-corrected chi connectivity index (χ3v) is 4.49. The summed E-state index contributed by atoms with van der Waals surface area (Å²) in [5, 5.41) is 13.8. The third kappa shape index (κ3) is 8.12. The molecule has 174 valence electrons. The number of carbonyl (C=O) groups is 3. The second-order valence-electron chi connectivity index (χ2n) is 7.04. The lowest BCUT2D eigenvalue weighted by atomic mass is 10.1. The van der Waals surface area contributed by atoms with Crippen LogP contribution in [-0.4, -0.2) is 29.2 Å². The molecule has 0 unspecified atom stereocenters. The number of carbonyl (C=O) groups excluding carboxylic acids is 2. The number of amides is 2. The number of aromatic carboxylic acids is 1. The van der Waals surface area contributed by atoms with Gasteiger partial charge >= 0.3 is 18.2 Å². The van der Waals surface area contributed by atoms with Crippen LogP contribution in [0.1, 0.15) is 27.0 Å². The molecule has 0 bridgehead atoms. The fourth-order valence-corrected chi connectivity index (χ4v) is 2.75. The molecule has 0 atom stereocenters. The predicted molar refractivity (Wildman–Crippen MR) is 124 cm³/mol. The van der Waals surface area contributed by atoms with E-state index in [1.165, 1.54) is 12.1 Å². The first-order valence-corrected chi connectivity index (χ1v) is 10.3. The number of benzene rings is 3. The van der Waals surface area contributed by atoms with Crippen molar-refractivity contribution in [3.05, 3.63) is 107 Å². The summed E-state index contributed by atoms with van der Waals surface area (Å²) in [7, 11) is 0. The fourth-order valence-electron chi connectivity index (χ4n) is 2.75. The predicted octanol–water partition coefficient (Wildman–Crippen LogP) is 4.09. The summed E-state index contributed by atoms with van der Waals surface area (Å²) in [5.41, 5.74) is 2.40. The summed E-state index contributed by atoms with van der Waals surface area (Å²) in [4.78, 5) is 39.7. The minimum Gasteiger partial charge on any atom is -0.478 e. The number of ether oxygens (including phenoxy) is 2. The lowest BCUT2D eigenvalue weighted by molar-refractivity contribution is 0.0696. The van der Waals surface area contributed by atoms with E-state index in [1.54, 1.807) is 12.1 Å². The summed E-state index contributed by atoms with van der Waals surface area (Å²) < 4.78 is 10.4. The molecule has 9 heteroatoms. The van der Waals surface area contributed by atoms with Gasteiger partial charge in [-0.25, -0.2) is 19.4 Å². The zero-order valence-corrected chi connectivity index (χ0v) is 18.1. The number of aliphatic imine (C=N–C) groups is 1. The van der Waals surface area contributed by atoms with Gasteiger partial charge < -0.3 is 14.6 Å². The highest BCUT2D eigenvalue weighted by atomic mass is 16.6. The summed E-state index contributed by atoms with van der Waals surface area (Å²) in [6, 6.07) is 24.3. The van der Waals surface area contributed by atoms with Gasteiger partial charge in [-0.05, 0) is 28.8 Å². The van der Waals surface area contributed by atoms with Gasteiger partial charge in [0.25, 0.3) is 0 Å². The Hall–Kier alpha value is -4.66. The van der Waals surface area contributed by atoms with Gasteiger partial charge in [0.15, 0.2) is 0 Å². The molecule has 0 heterocycles. The average Bonchev–Trinajstić information content (AvgIpc) is 2.86. The number of hydrogen-bond acceptors (Lipinski definition) is 6. The first kappa shape index (κ1) is 24.0. The number of guanidine groups is 1. The van der Waals surface area contributed by atoms with Gasteiger partial charge in [-0.1, -0.05) is 72.8 Å². The van der Waals surface area contributed by atoms with Crippen molar-refractivity contribution in [3.63, 3.8) is 0 Å². The maximum atomic E-state index is 12.2. The van der Waals surface area contributed by atoms with E-state index in [1.807, 2.05) is 60.7 Å². The quantitative estimate of drug-likeness (QED) is 0.359. The van der Waals surface area contributed by atoms with Gasteiger partial charge in [0, 0.05) is 0 Å². The molecule has 0 saturated heterocycles. The molecule has 0 aromatic heterocycles. The van der Waals surface area contributed by atoms with Crippen LogP contribution in [0.2, 0.25) is 0 Å². The van der Waals surface area contributed by atoms with Gasteiger partial charge in [0.1, 0.15) is 13.2 Å². The molecular formula is C25H23N3O6. The molecule has 3 aromatic carbocycles. The SMILES string of the molecule is O=C(NC(=NCc1ccc(C(=O)O)cc1)NC(=O)OCc1ccccc1)OCc1ccccc1. The highest BCUT2D eigenvalue weighted by Crippen LogP contribution is 2.06. The van der Waals surface area contributed by atoms with E-state index in [9.17, 15) is 14.4 Å². The van der Waals surface area contributed by atoms with E-state index in [-0.39, 0.29) is 31.3 Å². The van der Waals surface area contributed by atoms with Crippen molar-refractivity contribution >= 4 is 24.1 Å². The van der Waals surface area contributed by atoms with Crippen LogP contribution < -0.4 is 10.6 Å². The van der Waals surface area contributed by atoms with Crippen molar-refractivity contribution in [1.29, 1.82) is 0 Å². The Labute approximate surface area is 196 Å². The molecule has 3 N–H and O–H groups in total. The van der Waals surface area contributed by atoms with Gasteiger partial charge in [0.05, 0.1) is 12.1 Å². The summed E-state index contributed by atoms with van der Waals surface area (Å²) >= 11 is 0. The highest BCUT2D eigenvalue weighted by molar-refractivity contribution is 6.01. The van der Waals surface area contributed by atoms with E-state index >= 15 is 0 Å². The van der Waals surface area contributed by atoms with Gasteiger partial charge in [0.2, 0.25) is 5.96 Å². The van der Waals surface area contributed by atoms with Crippen LogP contribution in [0.4, 0.5) is 9.59 Å². The number of carboxylic acids is 1. The molecule has 2 amide bonds. The number of nitrogens with zero attached hydrogens (tertiary/aromatic N) is 1. The van der Waals surface area contributed by atoms with Crippen LogP contribution in [-0.2, 0) is 29.2 Å². The molecule has 0 aliphatic rings. The highest BCUT2D eigenvalue weighted by Gasteiger charge is 2.12. The smallest absolute Gasteiger partial charge is 0.414 e. The lowest BCUT2D eigenvalue weighted by Gasteiger charge is -2.12. The molecule has 0 spiro atoms. The topological polar surface area (TPSA) is 126 Å². The van der Waals surface area contributed by atoms with E-state index in [0.29, 0.717) is 5.56 Å². The third-order valence-electron chi connectivity index (χ3n) is 4.49. The summed E-state index contributed by atoms with van der Waals surface area (Å²) in [6.07, 6.45) is -1.63. The Balaban J connectivity index is 1.62. The zero-order chi connectivity index (χ0) is 24.2. The van der Waals surface area contributed by atoms with Crippen LogP contribution in [0, 0.1) is 0 Å². The van der Waals surface area contributed by atoms with E-state index < -0.39 is 18.2 Å². The molecule has 0 aliphatic heterocycles. The molecule has 0 fully saturated rings. The van der Waals surface area contributed by atoms with Gasteiger partial charge in [-0.15, -0.1) is 0 Å². The van der Waals surface area contributed by atoms with E-state index in [0.717, 1.165) is 11.1 Å². The largest absolute Gasteiger partial charge is 0.478 e. The average molecular weight is 461 g/mol. The van der Waals surface area contributed by atoms with Crippen LogP contribution in [0.25, 0.3) is 0 Å². The summed E-state index contributed by atoms with van der Waals surface area (Å²) in [5.74, 6) is -1.21. The molecule has 3 rings (SSSR count). The van der Waals surface area contributed by atoms with Crippen molar-refractivity contribution in [3.8, 4) is 0 Å². The monoisotopic (exact) mass is 461 g/mol. The maximum Gasteiger partial charge on any atom is 0.414 e. The normalized spacial score (nSPS) is 10.0. The minimum atomic E-state index is -1.04. The van der Waals surface area contributed by atoms with E-state index in [4.69, 9.17) is 14.6 Å². The number of alkyl carbamates (subject to hydrolysis) is 2. The zero-order valence-electron chi connectivity index (χ0n) is 18.1. The van der Waals surface area contributed by atoms with Crippen LogP contribution in [0.3, 0.4) is 0 Å². The molecule has 0 saturated carbocycles. The Morgan fingerprint density at radius 2 is 1.15 bits per heavy atom. The first-order chi connectivity index (χ1) is 16.5. The summed E-state index contributed by atoms with van der Waals surface area (Å²) in [6.45, 7) is 0.136. The number of rotatable bonds is 7. The lowest BCUT2D eigenvalue weighted by Crippen LogP contribution is -2.44. The fraction of sp³-hybridized carbons (Fsp3) is 0.120. The number of carboxylic acid groups (broad SMARTS) is 1. The van der Waals surface area contributed by atoms with Crippen LogP contribution >= 0.6 is 0 Å². The Morgan fingerprint density at radius 1 is 0.676 bits per heavy atom. The molecule has 3 aromatic rings. The van der Waals surface area contributed by atoms with Crippen molar-refractivity contribution in [2.24, 2.45) is 4.99 Å². The second kappa shape index (κ2) is 12.4.